The number of nitrogens with zero attached hydrogens (tertiary/aromatic N) is 1. The lowest BCUT2D eigenvalue weighted by atomic mass is 10.2. The van der Waals surface area contributed by atoms with Crippen molar-refractivity contribution in [3.8, 4) is 0 Å². The number of nitrogens with one attached hydrogen (secondary N) is 2. The van der Waals surface area contributed by atoms with E-state index < -0.39 is 26.7 Å². The predicted octanol–water partition coefficient (Wildman–Crippen LogP) is 3.38. The van der Waals surface area contributed by atoms with Crippen molar-refractivity contribution in [1.82, 2.24) is 10.2 Å². The molecule has 2 N–H and O–H groups in total. The Labute approximate surface area is 129 Å². The van der Waals surface area contributed by atoms with Crippen LogP contribution in [0.3, 0.4) is 0 Å². The van der Waals surface area contributed by atoms with Gasteiger partial charge in [0.2, 0.25) is 0 Å². The molecule has 0 aliphatic rings. The summed E-state index contributed by atoms with van der Waals surface area (Å²) in [6.45, 7) is 0. The highest BCUT2D eigenvalue weighted by molar-refractivity contribution is 7.92. The van der Waals surface area contributed by atoms with Crippen LogP contribution in [0.5, 0.6) is 0 Å². The van der Waals surface area contributed by atoms with Gasteiger partial charge in [0, 0.05) is 5.39 Å². The molecule has 23 heavy (non-hydrogen) atoms. The molecule has 0 bridgehead atoms. The first-order valence-electron chi connectivity index (χ1n) is 6.39. The highest BCUT2D eigenvalue weighted by Gasteiger charge is 2.31. The SMILES string of the molecule is O=S(=O)(Nc1cccc2cn[nH]c12)c1cccc(C(F)(F)F)c1. The highest BCUT2D eigenvalue weighted by atomic mass is 32.2. The summed E-state index contributed by atoms with van der Waals surface area (Å²) in [4.78, 5) is -0.469. The van der Waals surface area contributed by atoms with Gasteiger partial charge in [-0.25, -0.2) is 8.42 Å². The monoisotopic (exact) mass is 341 g/mol. The van der Waals surface area contributed by atoms with Gasteiger partial charge in [-0.1, -0.05) is 18.2 Å². The number of anilines is 1. The summed E-state index contributed by atoms with van der Waals surface area (Å²) in [6, 6.07) is 8.39. The first-order chi connectivity index (χ1) is 10.8. The molecule has 3 rings (SSSR count). The summed E-state index contributed by atoms with van der Waals surface area (Å²) in [5, 5.41) is 7.12. The number of para-hydroxylation sites is 1. The number of halogens is 3. The van der Waals surface area contributed by atoms with Gasteiger partial charge in [-0.05, 0) is 24.3 Å². The summed E-state index contributed by atoms with van der Waals surface area (Å²) in [7, 11) is -4.16. The zero-order valence-corrected chi connectivity index (χ0v) is 12.2. The zero-order valence-electron chi connectivity index (χ0n) is 11.4. The van der Waals surface area contributed by atoms with Crippen molar-refractivity contribution in [2.75, 3.05) is 4.72 Å². The van der Waals surface area contributed by atoms with Crippen LogP contribution < -0.4 is 4.72 Å². The minimum absolute atomic E-state index is 0.206. The van der Waals surface area contributed by atoms with E-state index >= 15 is 0 Å². The van der Waals surface area contributed by atoms with Crippen LogP contribution in [0.15, 0.2) is 53.6 Å². The molecule has 0 saturated carbocycles. The lowest BCUT2D eigenvalue weighted by Crippen LogP contribution is -2.14. The molecule has 0 spiro atoms. The maximum Gasteiger partial charge on any atom is 0.416 e. The number of sulfonamides is 1. The first-order valence-corrected chi connectivity index (χ1v) is 7.88. The molecule has 0 aliphatic carbocycles. The van der Waals surface area contributed by atoms with Gasteiger partial charge in [0.15, 0.2) is 0 Å². The average Bonchev–Trinajstić information content (AvgIpc) is 2.96. The van der Waals surface area contributed by atoms with Gasteiger partial charge in [0.05, 0.1) is 27.9 Å². The van der Waals surface area contributed by atoms with Crippen molar-refractivity contribution < 1.29 is 21.6 Å². The number of aromatic amines is 1. The molecular formula is C14H10F3N3O2S. The molecule has 0 saturated heterocycles. The molecule has 120 valence electrons. The Morgan fingerprint density at radius 2 is 1.83 bits per heavy atom. The van der Waals surface area contributed by atoms with Gasteiger partial charge in [-0.2, -0.15) is 18.3 Å². The smallest absolute Gasteiger partial charge is 0.277 e. The normalized spacial score (nSPS) is 12.5. The third-order valence-corrected chi connectivity index (χ3v) is 4.56. The molecule has 0 radical (unpaired) electrons. The first kappa shape index (κ1) is 15.3. The Balaban J connectivity index is 2.01. The van der Waals surface area contributed by atoms with E-state index in [0.717, 1.165) is 18.2 Å². The van der Waals surface area contributed by atoms with Gasteiger partial charge in [0.1, 0.15) is 0 Å². The Bertz CT molecular complexity index is 965. The molecule has 1 heterocycles. The molecule has 3 aromatic rings. The maximum atomic E-state index is 12.7. The number of fused-ring (bicyclic) bond motifs is 1. The summed E-state index contributed by atoms with van der Waals surface area (Å²) >= 11 is 0. The standard InChI is InChI=1S/C14H10F3N3O2S/c15-14(16,17)10-4-2-5-11(7-10)23(21,22)20-12-6-1-3-9-8-18-19-13(9)12/h1-8,20H,(H,18,19). The molecular weight excluding hydrogens is 331 g/mol. The molecule has 0 fully saturated rings. The Morgan fingerprint density at radius 1 is 1.09 bits per heavy atom. The van der Waals surface area contributed by atoms with E-state index in [9.17, 15) is 21.6 Å². The minimum Gasteiger partial charge on any atom is -0.277 e. The van der Waals surface area contributed by atoms with Crippen LogP contribution in [0, 0.1) is 0 Å². The molecule has 0 unspecified atom stereocenters. The topological polar surface area (TPSA) is 74.8 Å². The fraction of sp³-hybridized carbons (Fsp3) is 0.0714. The van der Waals surface area contributed by atoms with Gasteiger partial charge >= 0.3 is 6.18 Å². The van der Waals surface area contributed by atoms with Gasteiger partial charge < -0.3 is 0 Å². The largest absolute Gasteiger partial charge is 0.416 e. The zero-order chi connectivity index (χ0) is 16.7. The summed E-state index contributed by atoms with van der Waals surface area (Å²) in [5.41, 5.74) is -0.374. The molecule has 0 amide bonds. The minimum atomic E-state index is -4.62. The van der Waals surface area contributed by atoms with Gasteiger partial charge in [-0.3, -0.25) is 9.82 Å². The summed E-state index contributed by atoms with van der Waals surface area (Å²) in [6.07, 6.45) is -3.10. The number of hydrogen-bond donors (Lipinski definition) is 2. The van der Waals surface area contributed by atoms with Crippen molar-refractivity contribution in [2.24, 2.45) is 0 Å². The molecule has 9 heteroatoms. The predicted molar refractivity (Wildman–Crippen MR) is 78.3 cm³/mol. The average molecular weight is 341 g/mol. The van der Waals surface area contributed by atoms with Crippen LogP contribution in [0.1, 0.15) is 5.56 Å². The number of aromatic nitrogens is 2. The number of alkyl halides is 3. The van der Waals surface area contributed by atoms with E-state index in [1.165, 1.54) is 12.3 Å². The second-order valence-corrected chi connectivity index (χ2v) is 6.45. The number of rotatable bonds is 3. The Morgan fingerprint density at radius 3 is 2.57 bits per heavy atom. The maximum absolute atomic E-state index is 12.7. The molecule has 1 aromatic heterocycles. The number of hydrogen-bond acceptors (Lipinski definition) is 3. The van der Waals surface area contributed by atoms with Crippen LogP contribution in [-0.4, -0.2) is 18.6 Å². The lowest BCUT2D eigenvalue weighted by Gasteiger charge is -2.11. The molecule has 2 aromatic carbocycles. The summed E-state index contributed by atoms with van der Waals surface area (Å²) in [5.74, 6) is 0. The van der Waals surface area contributed by atoms with E-state index in [0.29, 0.717) is 17.0 Å². The van der Waals surface area contributed by atoms with Crippen LogP contribution in [-0.2, 0) is 16.2 Å². The second kappa shape index (κ2) is 5.27. The summed E-state index contributed by atoms with van der Waals surface area (Å²) < 4.78 is 65.1. The van der Waals surface area contributed by atoms with E-state index in [4.69, 9.17) is 0 Å². The van der Waals surface area contributed by atoms with Crippen LogP contribution in [0.2, 0.25) is 0 Å². The van der Waals surface area contributed by atoms with Crippen LogP contribution in [0.4, 0.5) is 18.9 Å². The van der Waals surface area contributed by atoms with Crippen molar-refractivity contribution in [1.29, 1.82) is 0 Å². The second-order valence-electron chi connectivity index (χ2n) is 4.77. The lowest BCUT2D eigenvalue weighted by molar-refractivity contribution is -0.137. The Hall–Kier alpha value is -2.55. The van der Waals surface area contributed by atoms with E-state index in [2.05, 4.69) is 14.9 Å². The third kappa shape index (κ3) is 3.00. The number of H-pyrrole nitrogens is 1. The molecule has 5 nitrogen and oxygen atoms in total. The highest BCUT2D eigenvalue weighted by Crippen LogP contribution is 2.31. The fourth-order valence-electron chi connectivity index (χ4n) is 2.10. The van der Waals surface area contributed by atoms with Crippen molar-refractivity contribution in [2.45, 2.75) is 11.1 Å². The van der Waals surface area contributed by atoms with Crippen molar-refractivity contribution in [3.63, 3.8) is 0 Å². The van der Waals surface area contributed by atoms with Gasteiger partial charge in [-0.15, -0.1) is 0 Å². The van der Waals surface area contributed by atoms with E-state index in [1.54, 1.807) is 12.1 Å². The fourth-order valence-corrected chi connectivity index (χ4v) is 3.21. The molecule has 0 atom stereocenters. The van der Waals surface area contributed by atoms with E-state index in [1.807, 2.05) is 0 Å². The van der Waals surface area contributed by atoms with E-state index in [-0.39, 0.29) is 5.69 Å². The third-order valence-electron chi connectivity index (χ3n) is 3.19. The van der Waals surface area contributed by atoms with Crippen LogP contribution in [0.25, 0.3) is 10.9 Å². The molecule has 0 aliphatic heterocycles. The van der Waals surface area contributed by atoms with Crippen molar-refractivity contribution in [3.05, 3.63) is 54.2 Å². The Kier molecular flexibility index (Phi) is 3.52. The van der Waals surface area contributed by atoms with Crippen molar-refractivity contribution >= 4 is 26.6 Å². The quantitative estimate of drug-likeness (QED) is 0.767. The number of benzene rings is 2. The van der Waals surface area contributed by atoms with Crippen LogP contribution >= 0.6 is 0 Å². The van der Waals surface area contributed by atoms with Gasteiger partial charge in [0.25, 0.3) is 10.0 Å².